The lowest BCUT2D eigenvalue weighted by atomic mass is 9.93. The first-order chi connectivity index (χ1) is 16.3. The number of hydrogen-bond donors (Lipinski definition) is 5. The number of hydrogen-bond acceptors (Lipinski definition) is 5. The first-order valence-electron chi connectivity index (χ1n) is 11.5. The van der Waals surface area contributed by atoms with Gasteiger partial charge in [0, 0.05) is 12.5 Å². The second-order valence-electron chi connectivity index (χ2n) is 8.95. The Morgan fingerprint density at radius 2 is 2.00 bits per heavy atom. The molecule has 180 valence electrons. The molecule has 0 radical (unpaired) electrons. The minimum atomic E-state index is -1.24. The van der Waals surface area contributed by atoms with Gasteiger partial charge in [0.1, 0.15) is 12.2 Å². The smallest absolute Gasteiger partial charge is 0.243 e. The molecular formula is C25H32FN6O2+. The summed E-state index contributed by atoms with van der Waals surface area (Å²) in [7, 11) is 0. The van der Waals surface area contributed by atoms with E-state index in [1.165, 1.54) is 4.90 Å². The van der Waals surface area contributed by atoms with Crippen LogP contribution in [0.1, 0.15) is 54.1 Å². The summed E-state index contributed by atoms with van der Waals surface area (Å²) in [6, 6.07) is 14.2. The molecule has 2 heterocycles. The number of quaternary nitrogens is 1. The minimum absolute atomic E-state index is 0.0153. The first-order valence-corrected chi connectivity index (χ1v) is 11.5. The second-order valence-corrected chi connectivity index (χ2v) is 8.95. The summed E-state index contributed by atoms with van der Waals surface area (Å²) in [6.45, 7) is 3.84. The summed E-state index contributed by atoms with van der Waals surface area (Å²) in [5.41, 5.74) is 18.0. The lowest BCUT2D eigenvalue weighted by Crippen LogP contribution is -2.96. The summed E-state index contributed by atoms with van der Waals surface area (Å²) in [6.07, 6.45) is 0.492. The lowest BCUT2D eigenvalue weighted by molar-refractivity contribution is -0.739. The van der Waals surface area contributed by atoms with Gasteiger partial charge in [-0.2, -0.15) is 5.53 Å². The predicted molar refractivity (Wildman–Crippen MR) is 126 cm³/mol. The van der Waals surface area contributed by atoms with Crippen LogP contribution >= 0.6 is 0 Å². The van der Waals surface area contributed by atoms with Crippen LogP contribution in [0.5, 0.6) is 0 Å². The van der Waals surface area contributed by atoms with Gasteiger partial charge in [0.2, 0.25) is 11.8 Å². The van der Waals surface area contributed by atoms with Gasteiger partial charge in [-0.15, -0.1) is 0 Å². The number of likely N-dealkylation sites (tertiary alicyclic amines) is 1. The Morgan fingerprint density at radius 3 is 2.65 bits per heavy atom. The highest BCUT2D eigenvalue weighted by atomic mass is 19.1. The van der Waals surface area contributed by atoms with Gasteiger partial charge in [-0.05, 0) is 36.1 Å². The van der Waals surface area contributed by atoms with E-state index in [4.69, 9.17) is 5.73 Å². The van der Waals surface area contributed by atoms with E-state index in [2.05, 4.69) is 16.2 Å². The van der Waals surface area contributed by atoms with Crippen molar-refractivity contribution >= 4 is 11.8 Å². The Morgan fingerprint density at radius 1 is 1.24 bits per heavy atom. The third-order valence-electron chi connectivity index (χ3n) is 6.35. The predicted octanol–water partition coefficient (Wildman–Crippen LogP) is 0.977. The molecule has 1 fully saturated rings. The molecule has 1 unspecified atom stereocenters. The van der Waals surface area contributed by atoms with Crippen LogP contribution in [0.15, 0.2) is 60.4 Å². The number of alkyl halides is 1. The van der Waals surface area contributed by atoms with E-state index in [1.807, 2.05) is 62.4 Å². The van der Waals surface area contributed by atoms with Gasteiger partial charge in [0.25, 0.3) is 0 Å². The summed E-state index contributed by atoms with van der Waals surface area (Å²) >= 11 is 0. The summed E-state index contributed by atoms with van der Waals surface area (Å²) in [4.78, 5) is 27.7. The molecule has 2 aliphatic heterocycles. The normalized spacial score (nSPS) is 21.3. The number of benzene rings is 2. The third kappa shape index (κ3) is 5.21. The average Bonchev–Trinajstić information content (AvgIpc) is 3.47. The largest absolute Gasteiger partial charge is 0.343 e. The van der Waals surface area contributed by atoms with Crippen molar-refractivity contribution in [2.24, 2.45) is 5.73 Å². The van der Waals surface area contributed by atoms with Crippen molar-refractivity contribution in [2.75, 3.05) is 6.54 Å². The minimum Gasteiger partial charge on any atom is -0.343 e. The van der Waals surface area contributed by atoms with Crippen molar-refractivity contribution in [3.8, 4) is 0 Å². The number of nitrogens with one attached hydrogen (secondary N) is 3. The summed E-state index contributed by atoms with van der Waals surface area (Å²) in [5, 5.41) is 3.09. The number of carbonyl (C=O) groups excluding carboxylic acids is 2. The molecule has 9 heteroatoms. The Kier molecular flexibility index (Phi) is 7.14. The maximum atomic E-state index is 14.4. The molecule has 8 nitrogen and oxygen atoms in total. The SMILES string of the molecule is Cc1cc([C@H](NC(=O)[C@@H]2C[C@@H](F)CN2C(=O)CC2=CN[NH2+]N2)c2ccccc2)ccc1C(C)N. The molecule has 2 amide bonds. The number of carbonyl (C=O) groups is 2. The maximum absolute atomic E-state index is 14.4. The van der Waals surface area contributed by atoms with Crippen LogP contribution in [0.25, 0.3) is 0 Å². The quantitative estimate of drug-likeness (QED) is 0.389. The standard InChI is InChI=1S/C25H31FN6O2/c1-15-10-18(8-9-21(15)16(2)27)24(17-6-4-3-5-7-17)29-25(34)22-11-19(26)14-32(22)23(33)12-20-13-28-31-30-20/h3-10,13,16,19,22,24,28,30-31H,11-12,14,27H2,1-2H3,(H,29,34)/p+1/t16?,19-,22+,24-/m1/s1. The lowest BCUT2D eigenvalue weighted by Gasteiger charge is -2.27. The maximum Gasteiger partial charge on any atom is 0.243 e. The van der Waals surface area contributed by atoms with Gasteiger partial charge < -0.3 is 16.0 Å². The number of aryl methyl sites for hydroxylation is 1. The molecule has 2 aliphatic rings. The van der Waals surface area contributed by atoms with Crippen molar-refractivity contribution in [3.63, 3.8) is 0 Å². The zero-order valence-corrected chi connectivity index (χ0v) is 19.4. The van der Waals surface area contributed by atoms with E-state index in [-0.39, 0.29) is 37.2 Å². The Bertz CT molecular complexity index is 1070. The van der Waals surface area contributed by atoms with Crippen molar-refractivity contribution in [1.82, 2.24) is 21.1 Å². The molecule has 4 rings (SSSR count). The molecule has 0 aromatic heterocycles. The molecule has 34 heavy (non-hydrogen) atoms. The zero-order valence-electron chi connectivity index (χ0n) is 19.4. The Hall–Kier alpha value is -3.43. The third-order valence-corrected chi connectivity index (χ3v) is 6.35. The Balaban J connectivity index is 1.57. The molecule has 0 spiro atoms. The highest BCUT2D eigenvalue weighted by molar-refractivity contribution is 5.89. The van der Waals surface area contributed by atoms with E-state index in [1.54, 1.807) is 11.7 Å². The topological polar surface area (TPSA) is 116 Å². The van der Waals surface area contributed by atoms with Crippen LogP contribution in [0.3, 0.4) is 0 Å². The van der Waals surface area contributed by atoms with E-state index in [0.29, 0.717) is 5.70 Å². The summed E-state index contributed by atoms with van der Waals surface area (Å²) in [5.74, 6) is -0.654. The van der Waals surface area contributed by atoms with Crippen LogP contribution < -0.4 is 27.4 Å². The van der Waals surface area contributed by atoms with Gasteiger partial charge in [-0.3, -0.25) is 9.59 Å². The molecule has 2 aromatic carbocycles. The molecule has 0 aliphatic carbocycles. The highest BCUT2D eigenvalue weighted by Crippen LogP contribution is 2.28. The van der Waals surface area contributed by atoms with Crippen LogP contribution in [-0.4, -0.2) is 35.5 Å². The fourth-order valence-electron chi connectivity index (χ4n) is 4.63. The monoisotopic (exact) mass is 467 g/mol. The van der Waals surface area contributed by atoms with Gasteiger partial charge in [0.15, 0.2) is 0 Å². The first kappa shape index (κ1) is 23.7. The van der Waals surface area contributed by atoms with Crippen molar-refractivity contribution in [2.45, 2.75) is 51.0 Å². The molecule has 1 saturated heterocycles. The molecule has 0 saturated carbocycles. The second kappa shape index (κ2) is 10.2. The van der Waals surface area contributed by atoms with Crippen LogP contribution in [0.2, 0.25) is 0 Å². The van der Waals surface area contributed by atoms with Crippen LogP contribution in [-0.2, 0) is 9.59 Å². The van der Waals surface area contributed by atoms with Crippen LogP contribution in [0, 0.1) is 6.92 Å². The van der Waals surface area contributed by atoms with Crippen molar-refractivity contribution in [3.05, 3.63) is 82.7 Å². The highest BCUT2D eigenvalue weighted by Gasteiger charge is 2.40. The molecule has 4 atom stereocenters. The molecule has 2 aromatic rings. The summed E-state index contributed by atoms with van der Waals surface area (Å²) < 4.78 is 14.4. The van der Waals surface area contributed by atoms with Gasteiger partial charge in [-0.1, -0.05) is 48.5 Å². The fraction of sp³-hybridized carbons (Fsp3) is 0.360. The van der Waals surface area contributed by atoms with Gasteiger partial charge >= 0.3 is 0 Å². The van der Waals surface area contributed by atoms with Gasteiger partial charge in [0.05, 0.1) is 30.9 Å². The van der Waals surface area contributed by atoms with Gasteiger partial charge in [-0.25, -0.2) is 15.2 Å². The molecule has 7 N–H and O–H groups in total. The number of nitrogens with zero attached hydrogens (tertiary/aromatic N) is 1. The van der Waals surface area contributed by atoms with E-state index in [9.17, 15) is 14.0 Å². The van der Waals surface area contributed by atoms with E-state index < -0.39 is 18.3 Å². The van der Waals surface area contributed by atoms with Crippen molar-refractivity contribution < 1.29 is 19.5 Å². The van der Waals surface area contributed by atoms with E-state index in [0.717, 1.165) is 22.3 Å². The molecule has 0 bridgehead atoms. The zero-order chi connectivity index (χ0) is 24.2. The number of halogens is 1. The van der Waals surface area contributed by atoms with E-state index >= 15 is 0 Å². The van der Waals surface area contributed by atoms with Crippen molar-refractivity contribution in [1.29, 1.82) is 0 Å². The number of amides is 2. The molecular weight excluding hydrogens is 435 g/mol. The number of nitrogens with two attached hydrogens (primary N) is 2. The average molecular weight is 468 g/mol. The Labute approximate surface area is 198 Å². The fourth-order valence-corrected chi connectivity index (χ4v) is 4.63. The van der Waals surface area contributed by atoms with Crippen LogP contribution in [0.4, 0.5) is 4.39 Å². The number of rotatable bonds is 7.